The van der Waals surface area contributed by atoms with Crippen LogP contribution in [0.25, 0.3) is 0 Å². The maximum absolute atomic E-state index is 13.4. The number of Topliss-reactive ketones (excluding diaryl/α,β-unsaturated/α-hetero) is 1. The van der Waals surface area contributed by atoms with E-state index in [-0.39, 0.29) is 42.7 Å². The third-order valence-corrected chi connectivity index (χ3v) is 8.80. The largest absolute Gasteiger partial charge is 0.393 e. The van der Waals surface area contributed by atoms with Gasteiger partial charge in [0.25, 0.3) is 0 Å². The summed E-state index contributed by atoms with van der Waals surface area (Å²) in [7, 11) is 0. The average molecular weight is 437 g/mol. The molecule has 3 saturated carbocycles. The molecule has 0 radical (unpaired) electrons. The van der Waals surface area contributed by atoms with Crippen molar-refractivity contribution in [3.05, 3.63) is 23.8 Å². The van der Waals surface area contributed by atoms with E-state index in [4.69, 9.17) is 20.4 Å². The van der Waals surface area contributed by atoms with Gasteiger partial charge >= 0.3 is 0 Å². The molecule has 5 rings (SSSR count). The van der Waals surface area contributed by atoms with Gasteiger partial charge in [-0.15, -0.1) is 0 Å². The SMILES string of the molecule is [2H]C([2H])([2H])C([2H])([2H])C([2H])([2H])C1([2H])O[C@@H]2CC3[C@@H]4CCC5=CC(=O)C=C[C@]5(C)[C@H]4[C@@H](O)C[C@]3(C)[C@]2(C(=O)C=O)O1. The van der Waals surface area contributed by atoms with Crippen LogP contribution in [0.15, 0.2) is 23.8 Å². The van der Waals surface area contributed by atoms with Crippen LogP contribution in [0.1, 0.15) is 70.1 Å². The molecule has 0 aromatic rings. The lowest BCUT2D eigenvalue weighted by Gasteiger charge is -2.59. The number of carbonyl (C=O) groups excluding carboxylic acids is 3. The Morgan fingerprint density at radius 3 is 3.03 bits per heavy atom. The van der Waals surface area contributed by atoms with Crippen LogP contribution in [-0.2, 0) is 23.9 Å². The Bertz CT molecular complexity index is 1200. The average Bonchev–Trinajstić information content (AvgIpc) is 3.26. The summed E-state index contributed by atoms with van der Waals surface area (Å²) in [6.45, 7) is 0.0878. The van der Waals surface area contributed by atoms with E-state index in [2.05, 4.69) is 0 Å². The number of carbonyl (C=O) groups is 3. The highest BCUT2D eigenvalue weighted by molar-refractivity contribution is 6.29. The second kappa shape index (κ2) is 6.93. The monoisotopic (exact) mass is 436 g/mol. The van der Waals surface area contributed by atoms with Crippen molar-refractivity contribution in [1.29, 1.82) is 0 Å². The standard InChI is InChI=1S/C25H32O6/c1-4-5-21-30-20-11-17-16-7-6-14-10-15(27)8-9-23(14,2)22(16)18(28)12-24(17,3)25(20,31-21)19(29)13-26/h8-10,13,16-18,20-22,28H,4-7,11-12H2,1-3H3/t16-,17?,18-,20+,21?,22+,23-,24-,25+/m0/s1/i1D3,4D2,5D2,21D. The molecule has 2 unspecified atom stereocenters. The fourth-order valence-corrected chi connectivity index (χ4v) is 7.60. The Balaban J connectivity index is 1.59. The quantitative estimate of drug-likeness (QED) is 0.538. The summed E-state index contributed by atoms with van der Waals surface area (Å²) in [5, 5.41) is 11.6. The number of hydrogen-bond acceptors (Lipinski definition) is 6. The van der Waals surface area contributed by atoms with Crippen molar-refractivity contribution in [3.63, 3.8) is 0 Å². The third kappa shape index (κ3) is 2.58. The van der Waals surface area contributed by atoms with Gasteiger partial charge in [-0.1, -0.05) is 38.7 Å². The highest BCUT2D eigenvalue weighted by Crippen LogP contribution is 2.69. The van der Waals surface area contributed by atoms with E-state index >= 15 is 0 Å². The van der Waals surface area contributed by atoms with Gasteiger partial charge in [-0.2, -0.15) is 0 Å². The second-order valence-electron chi connectivity index (χ2n) is 9.91. The molecule has 0 aromatic heterocycles. The first-order valence-corrected chi connectivity index (χ1v) is 10.7. The molecule has 1 heterocycles. The number of rotatable bonds is 4. The number of ether oxygens (including phenoxy) is 2. The van der Waals surface area contributed by atoms with Gasteiger partial charge in [0.2, 0.25) is 5.78 Å². The van der Waals surface area contributed by atoms with Crippen molar-refractivity contribution < 1.29 is 39.9 Å². The van der Waals surface area contributed by atoms with E-state index in [1.54, 1.807) is 13.0 Å². The van der Waals surface area contributed by atoms with Crippen molar-refractivity contribution in [2.45, 2.75) is 83.2 Å². The van der Waals surface area contributed by atoms with Crippen LogP contribution in [0, 0.1) is 28.6 Å². The molecule has 1 aliphatic heterocycles. The lowest BCUT2D eigenvalue weighted by molar-refractivity contribution is -0.198. The lowest BCUT2D eigenvalue weighted by Crippen LogP contribution is -2.63. The summed E-state index contributed by atoms with van der Waals surface area (Å²) in [6.07, 6.45) is -6.88. The molecule has 9 atom stereocenters. The first kappa shape index (κ1) is 13.8. The van der Waals surface area contributed by atoms with Crippen LogP contribution >= 0.6 is 0 Å². The molecule has 0 amide bonds. The van der Waals surface area contributed by atoms with Crippen molar-refractivity contribution in [3.8, 4) is 0 Å². The van der Waals surface area contributed by atoms with Crippen LogP contribution in [0.5, 0.6) is 0 Å². The van der Waals surface area contributed by atoms with E-state index in [1.807, 2.05) is 13.0 Å². The topological polar surface area (TPSA) is 89.9 Å². The minimum Gasteiger partial charge on any atom is -0.393 e. The van der Waals surface area contributed by atoms with Crippen molar-refractivity contribution in [2.24, 2.45) is 28.6 Å². The van der Waals surface area contributed by atoms with Crippen LogP contribution in [-0.4, -0.2) is 47.0 Å². The van der Waals surface area contributed by atoms with Gasteiger partial charge in [-0.25, -0.2) is 0 Å². The molecule has 168 valence electrons. The Morgan fingerprint density at radius 1 is 1.48 bits per heavy atom. The number of fused-ring (bicyclic) bond motifs is 7. The maximum Gasteiger partial charge on any atom is 0.230 e. The minimum atomic E-state index is -3.62. The van der Waals surface area contributed by atoms with E-state index < -0.39 is 60.3 Å². The van der Waals surface area contributed by atoms with Gasteiger partial charge in [0.1, 0.15) is 0 Å². The molecule has 4 fully saturated rings. The summed E-state index contributed by atoms with van der Waals surface area (Å²) in [4.78, 5) is 37.4. The lowest BCUT2D eigenvalue weighted by atomic mass is 9.46. The second-order valence-corrected chi connectivity index (χ2v) is 9.91. The Labute approximate surface area is 194 Å². The van der Waals surface area contributed by atoms with Crippen LogP contribution in [0.3, 0.4) is 0 Å². The van der Waals surface area contributed by atoms with Crippen molar-refractivity contribution in [1.82, 2.24) is 0 Å². The highest BCUT2D eigenvalue weighted by atomic mass is 16.7. The molecule has 1 saturated heterocycles. The molecule has 0 aromatic carbocycles. The molecule has 4 aliphatic carbocycles. The van der Waals surface area contributed by atoms with Crippen LogP contribution in [0.4, 0.5) is 0 Å². The van der Waals surface area contributed by atoms with Gasteiger partial charge in [-0.3, -0.25) is 14.4 Å². The third-order valence-electron chi connectivity index (χ3n) is 8.80. The molecule has 1 N–H and O–H groups in total. The number of ketones is 2. The Morgan fingerprint density at radius 2 is 2.29 bits per heavy atom. The Kier molecular flexibility index (Phi) is 3.09. The van der Waals surface area contributed by atoms with E-state index in [0.717, 1.165) is 5.57 Å². The summed E-state index contributed by atoms with van der Waals surface area (Å²) >= 11 is 0. The molecule has 5 aliphatic rings. The molecule has 31 heavy (non-hydrogen) atoms. The fourth-order valence-electron chi connectivity index (χ4n) is 7.60. The van der Waals surface area contributed by atoms with Crippen LogP contribution < -0.4 is 0 Å². The zero-order chi connectivity index (χ0) is 29.2. The predicted octanol–water partition coefficient (Wildman–Crippen LogP) is 2.92. The molecule has 0 bridgehead atoms. The summed E-state index contributed by atoms with van der Waals surface area (Å²) in [5.74, 6) is -2.17. The highest BCUT2D eigenvalue weighted by Gasteiger charge is 2.75. The first-order valence-electron chi connectivity index (χ1n) is 14.7. The number of allylic oxidation sites excluding steroid dienone is 4. The molecule has 0 spiro atoms. The molecule has 6 heteroatoms. The molecular weight excluding hydrogens is 396 g/mol. The van der Waals surface area contributed by atoms with Crippen molar-refractivity contribution in [2.75, 3.05) is 0 Å². The number of aldehydes is 1. The van der Waals surface area contributed by atoms with E-state index in [0.29, 0.717) is 12.8 Å². The summed E-state index contributed by atoms with van der Waals surface area (Å²) in [5.41, 5.74) is -3.27. The fraction of sp³-hybridized carbons (Fsp3) is 0.720. The van der Waals surface area contributed by atoms with Gasteiger partial charge in [-0.05, 0) is 56.0 Å². The Hall–Kier alpha value is -1.63. The number of aliphatic hydroxyl groups excluding tert-OH is 1. The van der Waals surface area contributed by atoms with Crippen molar-refractivity contribution >= 4 is 17.9 Å². The zero-order valence-electron chi connectivity index (χ0n) is 25.5. The van der Waals surface area contributed by atoms with Gasteiger partial charge in [0.15, 0.2) is 23.9 Å². The normalized spacial score (nSPS) is 57.7. The zero-order valence-corrected chi connectivity index (χ0v) is 17.5. The predicted molar refractivity (Wildman–Crippen MR) is 112 cm³/mol. The summed E-state index contributed by atoms with van der Waals surface area (Å²) in [6, 6.07) is 0. The van der Waals surface area contributed by atoms with E-state index in [9.17, 15) is 19.5 Å². The summed E-state index contributed by atoms with van der Waals surface area (Å²) < 4.78 is 75.6. The maximum atomic E-state index is 13.4. The first-order chi connectivity index (χ1) is 17.7. The smallest absolute Gasteiger partial charge is 0.230 e. The number of hydrogen-bond donors (Lipinski definition) is 1. The molecule has 6 nitrogen and oxygen atoms in total. The van der Waals surface area contributed by atoms with Gasteiger partial charge in [0.05, 0.1) is 13.6 Å². The van der Waals surface area contributed by atoms with Gasteiger partial charge < -0.3 is 14.6 Å². The molecular formula is C25H32O6. The van der Waals surface area contributed by atoms with Crippen LogP contribution in [0.2, 0.25) is 0 Å². The number of aliphatic hydroxyl groups is 1. The minimum absolute atomic E-state index is 0.000677. The van der Waals surface area contributed by atoms with E-state index in [1.165, 1.54) is 6.08 Å². The van der Waals surface area contributed by atoms with Gasteiger partial charge in [0, 0.05) is 26.3 Å².